The first kappa shape index (κ1) is 17.9. The van der Waals surface area contributed by atoms with Gasteiger partial charge >= 0.3 is 0 Å². The summed E-state index contributed by atoms with van der Waals surface area (Å²) in [5.74, 6) is 0.274. The van der Waals surface area contributed by atoms with Crippen molar-refractivity contribution in [3.05, 3.63) is 29.3 Å². The fourth-order valence-electron chi connectivity index (χ4n) is 3.44. The Morgan fingerprint density at radius 1 is 1.44 bits per heavy atom. The monoisotopic (exact) mass is 364 g/mol. The minimum atomic E-state index is -5.33. The maximum atomic E-state index is 12.3. The normalized spacial score (nSPS) is 25.2. The van der Waals surface area contributed by atoms with E-state index in [1.165, 1.54) is 11.0 Å². The van der Waals surface area contributed by atoms with Gasteiger partial charge in [-0.2, -0.15) is 5.26 Å². The van der Waals surface area contributed by atoms with E-state index >= 15 is 0 Å². The fraction of sp³-hybridized carbons (Fsp3) is 0.500. The topological polar surface area (TPSA) is 126 Å². The molecule has 9 heteroatoms. The van der Waals surface area contributed by atoms with Crippen LogP contribution in [-0.2, 0) is 13.9 Å². The molecule has 0 unspecified atom stereocenters. The van der Waals surface area contributed by atoms with Crippen LogP contribution >= 0.6 is 7.82 Å². The van der Waals surface area contributed by atoms with E-state index in [2.05, 4.69) is 0 Å². The number of likely N-dealkylation sites (tertiary alicyclic amines) is 1. The highest BCUT2D eigenvalue weighted by Gasteiger charge is 2.49. The number of ether oxygens (including phenoxy) is 1. The Morgan fingerprint density at radius 3 is 2.72 bits per heavy atom. The molecule has 0 N–H and O–H groups in total. The van der Waals surface area contributed by atoms with Crippen molar-refractivity contribution in [3.8, 4) is 11.8 Å². The molecule has 0 bridgehead atoms. The predicted octanol–water partition coefficient (Wildman–Crippen LogP) is 0.607. The molecular weight excluding hydrogens is 347 g/mol. The summed E-state index contributed by atoms with van der Waals surface area (Å²) in [6.45, 7) is 3.61. The van der Waals surface area contributed by atoms with Crippen molar-refractivity contribution >= 4 is 13.7 Å². The molecule has 2 atom stereocenters. The average molecular weight is 364 g/mol. The zero-order valence-corrected chi connectivity index (χ0v) is 14.7. The highest BCUT2D eigenvalue weighted by Crippen LogP contribution is 2.49. The minimum absolute atomic E-state index is 0.156. The molecule has 2 aliphatic rings. The molecule has 1 aromatic carbocycles. The molecule has 1 amide bonds. The van der Waals surface area contributed by atoms with Gasteiger partial charge in [0.2, 0.25) is 5.91 Å². The van der Waals surface area contributed by atoms with Gasteiger partial charge in [-0.1, -0.05) is 0 Å². The third kappa shape index (κ3) is 3.42. The van der Waals surface area contributed by atoms with E-state index in [-0.39, 0.29) is 5.91 Å². The summed E-state index contributed by atoms with van der Waals surface area (Å²) in [6, 6.07) is 5.90. The van der Waals surface area contributed by atoms with Crippen LogP contribution in [0.25, 0.3) is 0 Å². The van der Waals surface area contributed by atoms with Crippen LogP contribution in [0.2, 0.25) is 0 Å². The molecule has 0 saturated carbocycles. The molecule has 1 saturated heterocycles. The zero-order valence-electron chi connectivity index (χ0n) is 13.8. The number of phosphoric ester groups is 1. The number of nitriles is 1. The Kier molecular flexibility index (Phi) is 4.38. The van der Waals surface area contributed by atoms with Gasteiger partial charge in [-0.25, -0.2) is 0 Å². The average Bonchev–Trinajstić information content (AvgIpc) is 2.92. The second-order valence-corrected chi connectivity index (χ2v) is 7.78. The summed E-state index contributed by atoms with van der Waals surface area (Å²) in [7, 11) is -5.33. The van der Waals surface area contributed by atoms with Crippen LogP contribution < -0.4 is 14.5 Å². The zero-order chi connectivity index (χ0) is 18.4. The van der Waals surface area contributed by atoms with Gasteiger partial charge in [-0.05, 0) is 38.5 Å². The molecule has 3 rings (SSSR count). The SMILES string of the molecule is CC1(C)Oc2ccc(C#N)cc2[C@@H](N2CCCC2=O)[C@@H]1OP(=O)([O-])[O-]. The van der Waals surface area contributed by atoms with Crippen molar-refractivity contribution in [2.75, 3.05) is 6.54 Å². The highest BCUT2D eigenvalue weighted by atomic mass is 31.2. The molecule has 1 aromatic rings. The highest BCUT2D eigenvalue weighted by molar-refractivity contribution is 7.43. The van der Waals surface area contributed by atoms with Gasteiger partial charge < -0.3 is 28.5 Å². The van der Waals surface area contributed by atoms with E-state index in [1.54, 1.807) is 26.0 Å². The Hall–Kier alpha value is -1.91. The summed E-state index contributed by atoms with van der Waals surface area (Å²) in [4.78, 5) is 36.4. The summed E-state index contributed by atoms with van der Waals surface area (Å²) >= 11 is 0. The van der Waals surface area contributed by atoms with E-state index in [4.69, 9.17) is 14.5 Å². The third-order valence-corrected chi connectivity index (χ3v) is 4.98. The summed E-state index contributed by atoms with van der Waals surface area (Å²) in [5, 5.41) is 9.15. The van der Waals surface area contributed by atoms with E-state index in [0.29, 0.717) is 36.3 Å². The number of benzene rings is 1. The van der Waals surface area contributed by atoms with Gasteiger partial charge in [0.25, 0.3) is 0 Å². The lowest BCUT2D eigenvalue weighted by Crippen LogP contribution is -2.55. The van der Waals surface area contributed by atoms with Crippen molar-refractivity contribution in [1.82, 2.24) is 4.90 Å². The van der Waals surface area contributed by atoms with Crippen LogP contribution in [0.5, 0.6) is 5.75 Å². The first-order valence-electron chi connectivity index (χ1n) is 7.85. The van der Waals surface area contributed by atoms with Crippen LogP contribution in [0.1, 0.15) is 43.9 Å². The number of carbonyl (C=O) groups excluding carboxylic acids is 1. The van der Waals surface area contributed by atoms with Crippen molar-refractivity contribution < 1.29 is 28.4 Å². The molecular formula is C16H17N2O6P-2. The van der Waals surface area contributed by atoms with Crippen LogP contribution in [-0.4, -0.2) is 29.1 Å². The lowest BCUT2D eigenvalue weighted by molar-refractivity contribution is -0.349. The van der Waals surface area contributed by atoms with Gasteiger partial charge in [0.15, 0.2) is 0 Å². The Labute approximate surface area is 145 Å². The number of nitrogens with zero attached hydrogens (tertiary/aromatic N) is 2. The van der Waals surface area contributed by atoms with Gasteiger partial charge in [-0.15, -0.1) is 0 Å². The molecule has 134 valence electrons. The number of phosphoric acid groups is 1. The van der Waals surface area contributed by atoms with Crippen LogP contribution in [0.3, 0.4) is 0 Å². The summed E-state index contributed by atoms with van der Waals surface area (Å²) in [5.41, 5.74) is -0.365. The quantitative estimate of drug-likeness (QED) is 0.719. The largest absolute Gasteiger partial charge is 0.790 e. The summed E-state index contributed by atoms with van der Waals surface area (Å²) < 4.78 is 22.0. The lowest BCUT2D eigenvalue weighted by atomic mass is 9.85. The molecule has 0 aliphatic carbocycles. The van der Waals surface area contributed by atoms with Crippen molar-refractivity contribution in [1.29, 1.82) is 5.26 Å². The van der Waals surface area contributed by atoms with Crippen molar-refractivity contribution in [3.63, 3.8) is 0 Å². The van der Waals surface area contributed by atoms with E-state index < -0.39 is 25.6 Å². The Morgan fingerprint density at radius 2 is 2.16 bits per heavy atom. The molecule has 2 aliphatic heterocycles. The van der Waals surface area contributed by atoms with Crippen LogP contribution in [0.4, 0.5) is 0 Å². The predicted molar refractivity (Wildman–Crippen MR) is 82.0 cm³/mol. The second kappa shape index (κ2) is 6.11. The number of hydrogen-bond acceptors (Lipinski definition) is 7. The van der Waals surface area contributed by atoms with E-state index in [9.17, 15) is 19.1 Å². The number of fused-ring (bicyclic) bond motifs is 1. The van der Waals surface area contributed by atoms with Crippen molar-refractivity contribution in [2.24, 2.45) is 0 Å². The van der Waals surface area contributed by atoms with Gasteiger partial charge in [-0.3, -0.25) is 4.79 Å². The van der Waals surface area contributed by atoms with Crippen molar-refractivity contribution in [2.45, 2.75) is 44.4 Å². The molecule has 1 fully saturated rings. The molecule has 8 nitrogen and oxygen atoms in total. The third-order valence-electron chi connectivity index (χ3n) is 4.49. The maximum absolute atomic E-state index is 12.3. The lowest BCUT2D eigenvalue weighted by Gasteiger charge is -2.50. The van der Waals surface area contributed by atoms with Gasteiger partial charge in [0, 0.05) is 18.5 Å². The number of amides is 1. The smallest absolute Gasteiger partial charge is 0.223 e. The van der Waals surface area contributed by atoms with E-state index in [1.807, 2.05) is 6.07 Å². The first-order chi connectivity index (χ1) is 11.6. The molecule has 2 heterocycles. The molecule has 0 radical (unpaired) electrons. The standard InChI is InChI=1S/C16H19N2O6P/c1-16(2)15(24-25(20,21)22)14(18-7-3-4-13(18)19)11-8-10(9-17)5-6-12(11)23-16/h5-6,8,14-15H,3-4,7H2,1-2H3,(H2,20,21,22)/p-2/t14-,15+/m1/s1. The Balaban J connectivity index is 2.16. The molecule has 25 heavy (non-hydrogen) atoms. The second-order valence-electron chi connectivity index (χ2n) is 6.68. The number of hydrogen-bond donors (Lipinski definition) is 0. The number of carbonyl (C=O) groups is 1. The van der Waals surface area contributed by atoms with Crippen LogP contribution in [0, 0.1) is 11.3 Å². The summed E-state index contributed by atoms with van der Waals surface area (Å²) in [6.07, 6.45) is -0.246. The van der Waals surface area contributed by atoms with Gasteiger partial charge in [0.1, 0.15) is 17.5 Å². The number of rotatable bonds is 3. The van der Waals surface area contributed by atoms with Gasteiger partial charge in [0.05, 0.1) is 25.5 Å². The Bertz CT molecular complexity index is 796. The molecule has 0 spiro atoms. The van der Waals surface area contributed by atoms with E-state index in [0.717, 1.165) is 0 Å². The van der Waals surface area contributed by atoms with Crippen LogP contribution in [0.15, 0.2) is 18.2 Å². The molecule has 0 aromatic heterocycles. The minimum Gasteiger partial charge on any atom is -0.790 e. The fourth-order valence-corrected chi connectivity index (χ4v) is 4.09. The maximum Gasteiger partial charge on any atom is 0.223 e. The first-order valence-corrected chi connectivity index (χ1v) is 9.31.